The third kappa shape index (κ3) is 4.43. The molecule has 1 aliphatic heterocycles. The van der Waals surface area contributed by atoms with Gasteiger partial charge < -0.3 is 14.7 Å². The van der Waals surface area contributed by atoms with E-state index in [1.807, 2.05) is 11.8 Å². The van der Waals surface area contributed by atoms with Crippen LogP contribution in [0.5, 0.6) is 0 Å². The minimum Gasteiger partial charge on any atom is -0.487 e. The number of ether oxygens (including phenoxy) is 1. The van der Waals surface area contributed by atoms with Crippen LogP contribution in [0.1, 0.15) is 18.1 Å². The normalized spacial score (nSPS) is 14.4. The Hall–Kier alpha value is -2.08. The average molecular weight is 412 g/mol. The molecule has 0 aromatic heterocycles. The van der Waals surface area contributed by atoms with Crippen molar-refractivity contribution in [2.75, 3.05) is 11.4 Å². The van der Waals surface area contributed by atoms with Gasteiger partial charge in [-0.15, -0.1) is 0 Å². The van der Waals surface area contributed by atoms with Crippen LogP contribution in [0.3, 0.4) is 0 Å². The van der Waals surface area contributed by atoms with Crippen LogP contribution in [-0.2, 0) is 18.0 Å². The molecule has 0 amide bonds. The second-order valence-electron chi connectivity index (χ2n) is 6.11. The maximum absolute atomic E-state index is 13.7. The van der Waals surface area contributed by atoms with Gasteiger partial charge in [-0.3, -0.25) is 0 Å². The summed E-state index contributed by atoms with van der Waals surface area (Å²) in [5.41, 5.74) is 2.52. The Morgan fingerprint density at radius 2 is 1.93 bits per heavy atom. The van der Waals surface area contributed by atoms with E-state index in [1.165, 1.54) is 12.1 Å². The number of aliphatic hydroxyl groups is 1. The molecule has 0 unspecified atom stereocenters. The van der Waals surface area contributed by atoms with Crippen molar-refractivity contribution in [3.05, 3.63) is 86.7 Å². The molecule has 0 atom stereocenters. The standard InChI is InChI=1S/C20H17Cl2F2NO2/c1-12-6-20(27-11-14-3-4-15(23)8-18(14)24)17(22)9-25(12)19-7-13(10-26)2-5-16(19)21/h2-8,26H,9-11H2,1H3. The van der Waals surface area contributed by atoms with Crippen LogP contribution >= 0.6 is 23.2 Å². The highest BCUT2D eigenvalue weighted by molar-refractivity contribution is 6.33. The molecule has 1 aliphatic rings. The Labute approximate surface area is 166 Å². The third-order valence-electron chi connectivity index (χ3n) is 4.21. The van der Waals surface area contributed by atoms with Crippen molar-refractivity contribution >= 4 is 28.9 Å². The molecule has 0 saturated heterocycles. The first-order chi connectivity index (χ1) is 12.9. The van der Waals surface area contributed by atoms with Gasteiger partial charge in [0, 0.05) is 23.4 Å². The summed E-state index contributed by atoms with van der Waals surface area (Å²) >= 11 is 12.7. The summed E-state index contributed by atoms with van der Waals surface area (Å²) < 4.78 is 32.4. The molecular weight excluding hydrogens is 395 g/mol. The number of halogens is 4. The van der Waals surface area contributed by atoms with Crippen molar-refractivity contribution in [3.8, 4) is 0 Å². The monoisotopic (exact) mass is 411 g/mol. The first kappa shape index (κ1) is 19.7. The lowest BCUT2D eigenvalue weighted by atomic mass is 10.1. The molecule has 0 saturated carbocycles. The van der Waals surface area contributed by atoms with E-state index >= 15 is 0 Å². The Morgan fingerprint density at radius 1 is 1.15 bits per heavy atom. The molecule has 2 aromatic carbocycles. The minimum absolute atomic E-state index is 0.0673. The number of hydrogen-bond donors (Lipinski definition) is 1. The minimum atomic E-state index is -0.669. The number of nitrogens with zero attached hydrogens (tertiary/aromatic N) is 1. The van der Waals surface area contributed by atoms with Gasteiger partial charge in [0.25, 0.3) is 0 Å². The summed E-state index contributed by atoms with van der Waals surface area (Å²) in [7, 11) is 0. The fourth-order valence-electron chi connectivity index (χ4n) is 2.74. The van der Waals surface area contributed by atoms with E-state index in [4.69, 9.17) is 27.9 Å². The molecule has 3 rings (SSSR count). The van der Waals surface area contributed by atoms with Crippen LogP contribution in [0, 0.1) is 11.6 Å². The largest absolute Gasteiger partial charge is 0.487 e. The summed E-state index contributed by atoms with van der Waals surface area (Å²) in [5.74, 6) is -0.888. The predicted octanol–water partition coefficient (Wildman–Crippen LogP) is 5.50. The highest BCUT2D eigenvalue weighted by Crippen LogP contribution is 2.34. The van der Waals surface area contributed by atoms with Gasteiger partial charge in [-0.2, -0.15) is 0 Å². The van der Waals surface area contributed by atoms with E-state index in [9.17, 15) is 13.9 Å². The van der Waals surface area contributed by atoms with Gasteiger partial charge >= 0.3 is 0 Å². The van der Waals surface area contributed by atoms with E-state index in [2.05, 4.69) is 0 Å². The van der Waals surface area contributed by atoms with Gasteiger partial charge in [-0.1, -0.05) is 29.3 Å². The van der Waals surface area contributed by atoms with Crippen LogP contribution < -0.4 is 4.90 Å². The van der Waals surface area contributed by atoms with E-state index < -0.39 is 11.6 Å². The predicted molar refractivity (Wildman–Crippen MR) is 103 cm³/mol. The number of allylic oxidation sites excluding steroid dienone is 2. The molecule has 7 heteroatoms. The molecule has 0 radical (unpaired) electrons. The van der Waals surface area contributed by atoms with Gasteiger partial charge in [-0.05, 0) is 36.8 Å². The van der Waals surface area contributed by atoms with Gasteiger partial charge in [-0.25, -0.2) is 8.78 Å². The fourth-order valence-corrected chi connectivity index (χ4v) is 3.19. The maximum atomic E-state index is 13.7. The van der Waals surface area contributed by atoms with Crippen molar-refractivity contribution in [1.82, 2.24) is 0 Å². The number of benzene rings is 2. The molecule has 3 nitrogen and oxygen atoms in total. The van der Waals surface area contributed by atoms with E-state index in [0.717, 1.165) is 23.0 Å². The van der Waals surface area contributed by atoms with Crippen LogP contribution in [0.25, 0.3) is 0 Å². The molecule has 0 aliphatic carbocycles. The second kappa shape index (κ2) is 8.30. The maximum Gasteiger partial charge on any atom is 0.137 e. The fraction of sp³-hybridized carbons (Fsp3) is 0.200. The lowest BCUT2D eigenvalue weighted by Crippen LogP contribution is -2.27. The Morgan fingerprint density at radius 3 is 2.63 bits per heavy atom. The van der Waals surface area contributed by atoms with Crippen molar-refractivity contribution in [3.63, 3.8) is 0 Å². The van der Waals surface area contributed by atoms with Crippen LogP contribution in [0.15, 0.2) is 59.0 Å². The van der Waals surface area contributed by atoms with E-state index in [-0.39, 0.29) is 18.8 Å². The topological polar surface area (TPSA) is 32.7 Å². The zero-order valence-corrected chi connectivity index (χ0v) is 16.0. The first-order valence-electron chi connectivity index (χ1n) is 8.19. The third-order valence-corrected chi connectivity index (χ3v) is 4.84. The average Bonchev–Trinajstić information content (AvgIpc) is 2.64. The van der Waals surface area contributed by atoms with Crippen LogP contribution in [-0.4, -0.2) is 11.7 Å². The highest BCUT2D eigenvalue weighted by Gasteiger charge is 2.21. The second-order valence-corrected chi connectivity index (χ2v) is 6.97. The van der Waals surface area contributed by atoms with Gasteiger partial charge in [0.1, 0.15) is 24.0 Å². The smallest absolute Gasteiger partial charge is 0.137 e. The van der Waals surface area contributed by atoms with Crippen molar-refractivity contribution in [1.29, 1.82) is 0 Å². The molecule has 1 N–H and O–H groups in total. The number of aliphatic hydroxyl groups excluding tert-OH is 1. The molecule has 0 spiro atoms. The zero-order valence-electron chi connectivity index (χ0n) is 14.5. The summed E-state index contributed by atoms with van der Waals surface area (Å²) in [5, 5.41) is 10.3. The summed E-state index contributed by atoms with van der Waals surface area (Å²) in [6.45, 7) is 2.02. The molecule has 142 valence electrons. The molecular formula is C20H17Cl2F2NO2. The van der Waals surface area contributed by atoms with Crippen molar-refractivity contribution in [2.45, 2.75) is 20.1 Å². The number of hydrogen-bond acceptors (Lipinski definition) is 3. The lowest BCUT2D eigenvalue weighted by Gasteiger charge is -2.30. The van der Waals surface area contributed by atoms with Crippen LogP contribution in [0.2, 0.25) is 5.02 Å². The van der Waals surface area contributed by atoms with Gasteiger partial charge in [0.15, 0.2) is 0 Å². The zero-order chi connectivity index (χ0) is 19.6. The highest BCUT2D eigenvalue weighted by atomic mass is 35.5. The van der Waals surface area contributed by atoms with E-state index in [1.54, 1.807) is 24.3 Å². The van der Waals surface area contributed by atoms with Crippen LogP contribution in [0.4, 0.5) is 14.5 Å². The van der Waals surface area contributed by atoms with Gasteiger partial charge in [0.2, 0.25) is 0 Å². The molecule has 27 heavy (non-hydrogen) atoms. The molecule has 0 bridgehead atoms. The Balaban J connectivity index is 1.78. The SMILES string of the molecule is CC1=CC(OCc2ccc(F)cc2F)=C(Cl)CN1c1cc(CO)ccc1Cl. The number of anilines is 1. The lowest BCUT2D eigenvalue weighted by molar-refractivity contribution is 0.204. The first-order valence-corrected chi connectivity index (χ1v) is 8.95. The van der Waals surface area contributed by atoms with Crippen molar-refractivity contribution < 1.29 is 18.6 Å². The number of rotatable bonds is 5. The van der Waals surface area contributed by atoms with Crippen molar-refractivity contribution in [2.24, 2.45) is 0 Å². The van der Waals surface area contributed by atoms with E-state index in [0.29, 0.717) is 22.4 Å². The molecule has 1 heterocycles. The van der Waals surface area contributed by atoms with Gasteiger partial charge in [0.05, 0.1) is 28.9 Å². The molecule has 2 aromatic rings. The summed E-state index contributed by atoms with van der Waals surface area (Å²) in [6, 6.07) is 8.59. The summed E-state index contributed by atoms with van der Waals surface area (Å²) in [6.07, 6.45) is 1.73. The Kier molecular flexibility index (Phi) is 6.05. The Bertz CT molecular complexity index is 928. The quantitative estimate of drug-likeness (QED) is 0.704. The molecule has 0 fully saturated rings. The summed E-state index contributed by atoms with van der Waals surface area (Å²) in [4.78, 5) is 1.90.